The van der Waals surface area contributed by atoms with E-state index in [4.69, 9.17) is 12.2 Å². The maximum Gasteiger partial charge on any atom is 0.112 e. The lowest BCUT2D eigenvalue weighted by molar-refractivity contribution is 0.584. The Morgan fingerprint density at radius 2 is 1.17 bits per heavy atom. The molecule has 3 aromatic carbocycles. The normalized spacial score (nSPS) is 20.3. The number of anilines is 1. The van der Waals surface area contributed by atoms with Crippen molar-refractivity contribution < 1.29 is 0 Å². The van der Waals surface area contributed by atoms with E-state index >= 15 is 0 Å². The Labute approximate surface area is 147 Å². The fourth-order valence-electron chi connectivity index (χ4n) is 3.20. The lowest BCUT2D eigenvalue weighted by Crippen LogP contribution is -2.29. The van der Waals surface area contributed by atoms with E-state index in [-0.39, 0.29) is 12.2 Å². The zero-order chi connectivity index (χ0) is 16.4. The van der Waals surface area contributed by atoms with Gasteiger partial charge in [0.1, 0.15) is 11.2 Å². The molecule has 1 aliphatic heterocycles. The van der Waals surface area contributed by atoms with E-state index in [1.54, 1.807) is 0 Å². The molecule has 0 aliphatic carbocycles. The average molecular weight is 330 g/mol. The Morgan fingerprint density at radius 3 is 1.75 bits per heavy atom. The van der Waals surface area contributed by atoms with Gasteiger partial charge in [0.15, 0.2) is 0 Å². The monoisotopic (exact) mass is 330 g/mol. The summed E-state index contributed by atoms with van der Waals surface area (Å²) in [4.78, 5) is 3.13. The van der Waals surface area contributed by atoms with Crippen LogP contribution in [0.4, 0.5) is 5.69 Å². The minimum atomic E-state index is 0.0336. The third-order valence-electron chi connectivity index (χ3n) is 4.35. The van der Waals surface area contributed by atoms with Crippen LogP contribution in [0, 0.1) is 0 Å². The van der Waals surface area contributed by atoms with Crippen LogP contribution in [0.3, 0.4) is 0 Å². The molecule has 2 atom stereocenters. The molecule has 1 saturated heterocycles. The molecular formula is C21H18N2S. The molecule has 2 nitrogen and oxygen atoms in total. The van der Waals surface area contributed by atoms with E-state index in [2.05, 4.69) is 83.0 Å². The maximum atomic E-state index is 5.87. The summed E-state index contributed by atoms with van der Waals surface area (Å²) in [6.07, 6.45) is 0.0336. The van der Waals surface area contributed by atoms with E-state index < -0.39 is 0 Å². The van der Waals surface area contributed by atoms with E-state index in [0.29, 0.717) is 0 Å². The summed E-state index contributed by atoms with van der Waals surface area (Å²) in [5.74, 6) is 0. The second-order valence-electron chi connectivity index (χ2n) is 5.87. The van der Waals surface area contributed by atoms with Crippen LogP contribution in [0.25, 0.3) is 0 Å². The van der Waals surface area contributed by atoms with Crippen LogP contribution in [-0.2, 0) is 0 Å². The molecule has 0 saturated carbocycles. The van der Waals surface area contributed by atoms with Crippen molar-refractivity contribution in [1.82, 2.24) is 5.32 Å². The van der Waals surface area contributed by atoms with Gasteiger partial charge in [-0.05, 0) is 23.3 Å². The zero-order valence-electron chi connectivity index (χ0n) is 13.2. The molecule has 0 radical (unpaired) electrons. The number of para-hydroxylation sites is 1. The number of rotatable bonds is 3. The Balaban J connectivity index is 1.77. The summed E-state index contributed by atoms with van der Waals surface area (Å²) in [6, 6.07) is 31.2. The summed E-state index contributed by atoms with van der Waals surface area (Å²) in [6.45, 7) is 0. The molecule has 0 amide bonds. The van der Waals surface area contributed by atoms with E-state index in [0.717, 1.165) is 10.7 Å². The molecule has 0 aromatic heterocycles. The quantitative estimate of drug-likeness (QED) is 0.690. The van der Waals surface area contributed by atoms with Crippen molar-refractivity contribution in [1.29, 1.82) is 0 Å². The van der Waals surface area contributed by atoms with Gasteiger partial charge in [-0.3, -0.25) is 5.32 Å². The standard InChI is InChI=1S/C21H18N2S/c24-21-19(16-10-4-1-5-11-16)22-20(17-12-6-2-7-13-17)23(21)18-14-8-3-9-15-18/h1-15,19-20,22H. The molecule has 0 bridgehead atoms. The highest BCUT2D eigenvalue weighted by atomic mass is 32.1. The second-order valence-corrected chi connectivity index (χ2v) is 6.29. The first-order valence-corrected chi connectivity index (χ1v) is 8.49. The topological polar surface area (TPSA) is 15.3 Å². The molecule has 118 valence electrons. The average Bonchev–Trinajstić information content (AvgIpc) is 3.01. The first kappa shape index (κ1) is 15.1. The summed E-state index contributed by atoms with van der Waals surface area (Å²) in [7, 11) is 0. The van der Waals surface area contributed by atoms with Crippen LogP contribution >= 0.6 is 12.2 Å². The van der Waals surface area contributed by atoms with Gasteiger partial charge in [0.05, 0.1) is 6.04 Å². The minimum absolute atomic E-state index is 0.0336. The lowest BCUT2D eigenvalue weighted by atomic mass is 10.1. The first-order valence-electron chi connectivity index (χ1n) is 8.08. The Hall–Kier alpha value is -2.49. The lowest BCUT2D eigenvalue weighted by Gasteiger charge is -2.26. The van der Waals surface area contributed by atoms with Gasteiger partial charge in [0.2, 0.25) is 0 Å². The van der Waals surface area contributed by atoms with Crippen LogP contribution in [0.2, 0.25) is 0 Å². The molecule has 1 N–H and O–H groups in total. The minimum Gasteiger partial charge on any atom is -0.314 e. The largest absolute Gasteiger partial charge is 0.314 e. The summed E-state index contributed by atoms with van der Waals surface area (Å²) in [5.41, 5.74) is 3.52. The fraction of sp³-hybridized carbons (Fsp3) is 0.0952. The number of thiocarbonyl (C=S) groups is 1. The van der Waals surface area contributed by atoms with Crippen LogP contribution in [0.15, 0.2) is 91.0 Å². The molecule has 2 unspecified atom stereocenters. The van der Waals surface area contributed by atoms with Gasteiger partial charge in [-0.2, -0.15) is 0 Å². The van der Waals surface area contributed by atoms with Crippen LogP contribution in [-0.4, -0.2) is 4.99 Å². The number of hydrogen-bond donors (Lipinski definition) is 1. The van der Waals surface area contributed by atoms with Crippen LogP contribution in [0.1, 0.15) is 23.3 Å². The van der Waals surface area contributed by atoms with E-state index in [1.165, 1.54) is 11.1 Å². The highest BCUT2D eigenvalue weighted by molar-refractivity contribution is 7.80. The second kappa shape index (κ2) is 6.56. The summed E-state index contributed by atoms with van der Waals surface area (Å²) < 4.78 is 0. The molecule has 4 rings (SSSR count). The highest BCUT2D eigenvalue weighted by Gasteiger charge is 2.38. The summed E-state index contributed by atoms with van der Waals surface area (Å²) in [5, 5.41) is 3.71. The summed E-state index contributed by atoms with van der Waals surface area (Å²) >= 11 is 5.87. The smallest absolute Gasteiger partial charge is 0.112 e. The Bertz CT molecular complexity index is 818. The van der Waals surface area contributed by atoms with Crippen molar-refractivity contribution >= 4 is 22.9 Å². The molecule has 24 heavy (non-hydrogen) atoms. The van der Waals surface area contributed by atoms with Crippen molar-refractivity contribution in [2.75, 3.05) is 4.90 Å². The van der Waals surface area contributed by atoms with Crippen LogP contribution in [0.5, 0.6) is 0 Å². The van der Waals surface area contributed by atoms with Gasteiger partial charge < -0.3 is 4.90 Å². The van der Waals surface area contributed by atoms with Gasteiger partial charge in [-0.15, -0.1) is 0 Å². The molecule has 3 heteroatoms. The molecule has 1 aliphatic rings. The highest BCUT2D eigenvalue weighted by Crippen LogP contribution is 2.37. The van der Waals surface area contributed by atoms with Crippen molar-refractivity contribution in [2.45, 2.75) is 12.2 Å². The van der Waals surface area contributed by atoms with E-state index in [1.807, 2.05) is 18.2 Å². The Morgan fingerprint density at radius 1 is 0.667 bits per heavy atom. The predicted octanol–water partition coefficient (Wildman–Crippen LogP) is 4.86. The number of nitrogens with one attached hydrogen (secondary N) is 1. The SMILES string of the molecule is S=C1C(c2ccccc2)NC(c2ccccc2)N1c1ccccc1. The third-order valence-corrected chi connectivity index (χ3v) is 4.78. The Kier molecular flexibility index (Phi) is 4.11. The van der Waals surface area contributed by atoms with Crippen molar-refractivity contribution in [3.05, 3.63) is 102 Å². The number of nitrogens with zero attached hydrogens (tertiary/aromatic N) is 1. The predicted molar refractivity (Wildman–Crippen MR) is 103 cm³/mol. The molecule has 1 fully saturated rings. The van der Waals surface area contributed by atoms with Gasteiger partial charge in [0, 0.05) is 5.69 Å². The first-order chi connectivity index (χ1) is 11.8. The van der Waals surface area contributed by atoms with Crippen LogP contribution < -0.4 is 10.2 Å². The molecular weight excluding hydrogens is 312 g/mol. The third kappa shape index (κ3) is 2.73. The molecule has 1 heterocycles. The molecule has 3 aromatic rings. The van der Waals surface area contributed by atoms with Crippen molar-refractivity contribution in [2.24, 2.45) is 0 Å². The van der Waals surface area contributed by atoms with Gasteiger partial charge in [-0.25, -0.2) is 0 Å². The molecule has 0 spiro atoms. The van der Waals surface area contributed by atoms with Gasteiger partial charge in [-0.1, -0.05) is 91.1 Å². The van der Waals surface area contributed by atoms with E-state index in [9.17, 15) is 0 Å². The van der Waals surface area contributed by atoms with Crippen molar-refractivity contribution in [3.8, 4) is 0 Å². The zero-order valence-corrected chi connectivity index (χ0v) is 14.0. The van der Waals surface area contributed by atoms with Crippen molar-refractivity contribution in [3.63, 3.8) is 0 Å². The number of hydrogen-bond acceptors (Lipinski definition) is 2. The maximum absolute atomic E-state index is 5.87. The number of benzene rings is 3. The fourth-order valence-corrected chi connectivity index (χ4v) is 3.61. The van der Waals surface area contributed by atoms with Gasteiger partial charge >= 0.3 is 0 Å². The van der Waals surface area contributed by atoms with Gasteiger partial charge in [0.25, 0.3) is 0 Å².